The topological polar surface area (TPSA) is 45.2 Å². The van der Waals surface area contributed by atoms with Crippen LogP contribution in [0.25, 0.3) is 0 Å². The molecule has 1 saturated heterocycles. The lowest BCUT2D eigenvalue weighted by atomic mass is 10.2. The van der Waals surface area contributed by atoms with Gasteiger partial charge in [-0.1, -0.05) is 26.2 Å². The van der Waals surface area contributed by atoms with Gasteiger partial charge in [-0.3, -0.25) is 4.79 Å². The van der Waals surface area contributed by atoms with Crippen LogP contribution in [0.1, 0.15) is 55.9 Å². The number of carbonyl (C=O) groups is 1. The Balaban J connectivity index is 1.92. The van der Waals surface area contributed by atoms with Gasteiger partial charge in [0.05, 0.1) is 11.9 Å². The Morgan fingerprint density at radius 3 is 2.60 bits per heavy atom. The maximum atomic E-state index is 12.4. The van der Waals surface area contributed by atoms with Crippen LogP contribution < -0.4 is 5.32 Å². The van der Waals surface area contributed by atoms with Crippen molar-refractivity contribution in [3.8, 4) is 0 Å². The molecule has 1 aliphatic heterocycles. The minimum Gasteiger partial charge on any atom is -0.384 e. The Morgan fingerprint density at radius 2 is 2.00 bits per heavy atom. The molecule has 0 radical (unpaired) electrons. The molecule has 0 unspecified atom stereocenters. The van der Waals surface area contributed by atoms with E-state index in [0.29, 0.717) is 5.69 Å². The van der Waals surface area contributed by atoms with E-state index in [9.17, 15) is 4.79 Å². The summed E-state index contributed by atoms with van der Waals surface area (Å²) in [5.74, 6) is 0.0759. The van der Waals surface area contributed by atoms with Gasteiger partial charge in [0.1, 0.15) is 5.69 Å². The monoisotopic (exact) mass is 275 g/mol. The molecule has 1 fully saturated rings. The van der Waals surface area contributed by atoms with E-state index in [1.807, 2.05) is 17.0 Å². The van der Waals surface area contributed by atoms with Crippen molar-refractivity contribution in [2.45, 2.75) is 45.4 Å². The van der Waals surface area contributed by atoms with E-state index >= 15 is 0 Å². The number of rotatable bonds is 5. The minimum absolute atomic E-state index is 0.0759. The summed E-state index contributed by atoms with van der Waals surface area (Å²) in [5, 5.41) is 3.31. The zero-order chi connectivity index (χ0) is 14.2. The van der Waals surface area contributed by atoms with E-state index in [1.165, 1.54) is 19.3 Å². The highest BCUT2D eigenvalue weighted by molar-refractivity contribution is 5.92. The largest absolute Gasteiger partial charge is 0.384 e. The van der Waals surface area contributed by atoms with Gasteiger partial charge in [0.15, 0.2) is 0 Å². The van der Waals surface area contributed by atoms with Crippen molar-refractivity contribution in [1.29, 1.82) is 0 Å². The third-order valence-electron chi connectivity index (χ3n) is 3.74. The van der Waals surface area contributed by atoms with Crippen LogP contribution in [0, 0.1) is 0 Å². The molecule has 2 heterocycles. The first kappa shape index (κ1) is 14.8. The molecule has 1 aromatic heterocycles. The normalized spacial score (nSPS) is 15.8. The highest BCUT2D eigenvalue weighted by atomic mass is 16.2. The van der Waals surface area contributed by atoms with Crippen molar-refractivity contribution in [1.82, 2.24) is 9.88 Å². The average Bonchev–Trinajstić information content (AvgIpc) is 2.77. The molecule has 4 heteroatoms. The number of carbonyl (C=O) groups excluding carboxylic acids is 1. The van der Waals surface area contributed by atoms with Gasteiger partial charge < -0.3 is 10.2 Å². The van der Waals surface area contributed by atoms with Gasteiger partial charge in [-0.05, 0) is 31.4 Å². The van der Waals surface area contributed by atoms with Crippen LogP contribution in [0.15, 0.2) is 18.3 Å². The van der Waals surface area contributed by atoms with Crippen LogP contribution in [0.5, 0.6) is 0 Å². The van der Waals surface area contributed by atoms with Crippen molar-refractivity contribution in [2.75, 3.05) is 25.0 Å². The summed E-state index contributed by atoms with van der Waals surface area (Å²) in [5.41, 5.74) is 1.55. The zero-order valence-electron chi connectivity index (χ0n) is 12.4. The van der Waals surface area contributed by atoms with Gasteiger partial charge in [0.25, 0.3) is 5.91 Å². The Labute approximate surface area is 121 Å². The molecule has 0 atom stereocenters. The minimum atomic E-state index is 0.0759. The van der Waals surface area contributed by atoms with Gasteiger partial charge in [0.2, 0.25) is 0 Å². The zero-order valence-corrected chi connectivity index (χ0v) is 12.4. The number of amides is 1. The van der Waals surface area contributed by atoms with Crippen molar-refractivity contribution in [3.05, 3.63) is 24.0 Å². The van der Waals surface area contributed by atoms with Crippen LogP contribution in [0.2, 0.25) is 0 Å². The van der Waals surface area contributed by atoms with Gasteiger partial charge in [-0.15, -0.1) is 0 Å². The van der Waals surface area contributed by atoms with E-state index in [-0.39, 0.29) is 5.91 Å². The molecule has 0 aromatic carbocycles. The summed E-state index contributed by atoms with van der Waals surface area (Å²) in [4.78, 5) is 18.6. The fourth-order valence-corrected chi connectivity index (χ4v) is 2.47. The predicted molar refractivity (Wildman–Crippen MR) is 82.0 cm³/mol. The molecular formula is C16H25N3O. The second kappa shape index (κ2) is 7.88. The third-order valence-corrected chi connectivity index (χ3v) is 3.74. The van der Waals surface area contributed by atoms with Crippen LogP contribution in [0.3, 0.4) is 0 Å². The summed E-state index contributed by atoms with van der Waals surface area (Å²) >= 11 is 0. The van der Waals surface area contributed by atoms with E-state index in [0.717, 1.165) is 44.6 Å². The lowest BCUT2D eigenvalue weighted by molar-refractivity contribution is 0.0756. The Bertz CT molecular complexity index is 408. The predicted octanol–water partition coefficient (Wildman–Crippen LogP) is 3.31. The first-order valence-corrected chi connectivity index (χ1v) is 7.80. The molecule has 1 aromatic rings. The molecule has 1 N–H and O–H groups in total. The van der Waals surface area contributed by atoms with Crippen LogP contribution in [-0.4, -0.2) is 35.4 Å². The molecule has 2 rings (SSSR count). The number of nitrogens with one attached hydrogen (secondary N) is 1. The fraction of sp³-hybridized carbons (Fsp3) is 0.625. The lowest BCUT2D eigenvalue weighted by Gasteiger charge is -2.19. The molecule has 4 nitrogen and oxygen atoms in total. The Hall–Kier alpha value is -1.58. The Kier molecular flexibility index (Phi) is 5.84. The molecule has 20 heavy (non-hydrogen) atoms. The summed E-state index contributed by atoms with van der Waals surface area (Å²) in [6.45, 7) is 4.87. The van der Waals surface area contributed by atoms with Crippen LogP contribution >= 0.6 is 0 Å². The number of aromatic nitrogens is 1. The van der Waals surface area contributed by atoms with Gasteiger partial charge in [-0.25, -0.2) is 4.98 Å². The second-order valence-corrected chi connectivity index (χ2v) is 5.42. The number of pyridine rings is 1. The first-order valence-electron chi connectivity index (χ1n) is 7.80. The summed E-state index contributed by atoms with van der Waals surface area (Å²) in [7, 11) is 0. The Morgan fingerprint density at radius 1 is 1.25 bits per heavy atom. The molecule has 0 saturated carbocycles. The van der Waals surface area contributed by atoms with E-state index in [2.05, 4.69) is 17.2 Å². The molecule has 1 aliphatic rings. The second-order valence-electron chi connectivity index (χ2n) is 5.42. The highest BCUT2D eigenvalue weighted by Crippen LogP contribution is 2.13. The number of hydrogen-bond donors (Lipinski definition) is 1. The number of nitrogens with zero attached hydrogens (tertiary/aromatic N) is 2. The molecular weight excluding hydrogens is 250 g/mol. The summed E-state index contributed by atoms with van der Waals surface area (Å²) in [6, 6.07) is 3.79. The average molecular weight is 275 g/mol. The van der Waals surface area contributed by atoms with Crippen molar-refractivity contribution >= 4 is 11.6 Å². The van der Waals surface area contributed by atoms with E-state index in [4.69, 9.17) is 0 Å². The standard InChI is InChI=1S/C16H25N3O/c1-2-3-10-17-14-8-9-15(18-13-14)16(20)19-11-6-4-5-7-12-19/h8-9,13,17H,2-7,10-12H2,1H3. The number of hydrogen-bond acceptors (Lipinski definition) is 3. The molecule has 0 bridgehead atoms. The first-order chi connectivity index (χ1) is 9.81. The van der Waals surface area contributed by atoms with Crippen LogP contribution in [-0.2, 0) is 0 Å². The van der Waals surface area contributed by atoms with Gasteiger partial charge in [-0.2, -0.15) is 0 Å². The SMILES string of the molecule is CCCCNc1ccc(C(=O)N2CCCCCC2)nc1. The molecule has 0 spiro atoms. The third kappa shape index (κ3) is 4.22. The van der Waals surface area contributed by atoms with Crippen molar-refractivity contribution in [2.24, 2.45) is 0 Å². The van der Waals surface area contributed by atoms with Gasteiger partial charge >= 0.3 is 0 Å². The highest BCUT2D eigenvalue weighted by Gasteiger charge is 2.18. The maximum absolute atomic E-state index is 12.4. The quantitative estimate of drug-likeness (QED) is 0.839. The fourth-order valence-electron chi connectivity index (χ4n) is 2.47. The van der Waals surface area contributed by atoms with E-state index < -0.39 is 0 Å². The van der Waals surface area contributed by atoms with Crippen molar-refractivity contribution in [3.63, 3.8) is 0 Å². The smallest absolute Gasteiger partial charge is 0.272 e. The molecule has 1 amide bonds. The summed E-state index contributed by atoms with van der Waals surface area (Å²) < 4.78 is 0. The molecule has 0 aliphatic carbocycles. The van der Waals surface area contributed by atoms with E-state index in [1.54, 1.807) is 6.20 Å². The summed E-state index contributed by atoms with van der Waals surface area (Å²) in [6.07, 6.45) is 8.78. The lowest BCUT2D eigenvalue weighted by Crippen LogP contribution is -2.32. The molecule has 110 valence electrons. The number of anilines is 1. The number of likely N-dealkylation sites (tertiary alicyclic amines) is 1. The maximum Gasteiger partial charge on any atom is 0.272 e. The van der Waals surface area contributed by atoms with Crippen LogP contribution in [0.4, 0.5) is 5.69 Å². The van der Waals surface area contributed by atoms with Gasteiger partial charge in [0, 0.05) is 19.6 Å². The van der Waals surface area contributed by atoms with Crippen molar-refractivity contribution < 1.29 is 4.79 Å². The number of unbranched alkanes of at least 4 members (excludes halogenated alkanes) is 1.